The summed E-state index contributed by atoms with van der Waals surface area (Å²) < 4.78 is 23.6. The molecule has 1 aromatic rings. The van der Waals surface area contributed by atoms with Crippen molar-refractivity contribution in [2.75, 3.05) is 18.6 Å². The summed E-state index contributed by atoms with van der Waals surface area (Å²) in [6, 6.07) is 6.12. The van der Waals surface area contributed by atoms with Gasteiger partial charge in [-0.1, -0.05) is 35.0 Å². The zero-order chi connectivity index (χ0) is 13.8. The van der Waals surface area contributed by atoms with E-state index in [9.17, 15) is 8.42 Å². The molecule has 0 fully saturated rings. The van der Waals surface area contributed by atoms with Crippen LogP contribution in [0.1, 0.15) is 30.5 Å². The van der Waals surface area contributed by atoms with Gasteiger partial charge in [0.25, 0.3) is 0 Å². The molecule has 0 saturated heterocycles. The first-order valence-corrected chi connectivity index (χ1v) is 8.86. The van der Waals surface area contributed by atoms with Crippen molar-refractivity contribution >= 4 is 25.8 Å². The van der Waals surface area contributed by atoms with Crippen molar-refractivity contribution in [3.8, 4) is 0 Å². The van der Waals surface area contributed by atoms with E-state index >= 15 is 0 Å². The maximum absolute atomic E-state index is 11.3. The number of hydrogen-bond donors (Lipinski definition) is 1. The average Bonchev–Trinajstić information content (AvgIpc) is 2.27. The minimum absolute atomic E-state index is 0.0854. The first-order valence-electron chi connectivity index (χ1n) is 6.01. The molecule has 1 aromatic carbocycles. The predicted molar refractivity (Wildman–Crippen MR) is 79.6 cm³/mol. The first kappa shape index (κ1) is 15.7. The molecule has 1 unspecified atom stereocenters. The molecule has 18 heavy (non-hydrogen) atoms. The molecule has 0 aromatic heterocycles. The lowest BCUT2D eigenvalue weighted by Crippen LogP contribution is -2.24. The van der Waals surface area contributed by atoms with Crippen molar-refractivity contribution in [2.45, 2.75) is 26.3 Å². The summed E-state index contributed by atoms with van der Waals surface area (Å²) in [4.78, 5) is 0. The Morgan fingerprint density at radius 1 is 1.39 bits per heavy atom. The van der Waals surface area contributed by atoms with Crippen LogP contribution >= 0.6 is 15.9 Å². The summed E-state index contributed by atoms with van der Waals surface area (Å²) in [6.07, 6.45) is 1.88. The van der Waals surface area contributed by atoms with Crippen molar-refractivity contribution in [3.05, 3.63) is 33.8 Å². The third-order valence-electron chi connectivity index (χ3n) is 2.91. The molecule has 102 valence electrons. The molecular weight excluding hydrogens is 314 g/mol. The van der Waals surface area contributed by atoms with Crippen molar-refractivity contribution in [2.24, 2.45) is 0 Å². The summed E-state index contributed by atoms with van der Waals surface area (Å²) in [5.74, 6) is 0.205. The lowest BCUT2D eigenvalue weighted by atomic mass is 9.99. The predicted octanol–water partition coefficient (Wildman–Crippen LogP) is 2.84. The second kappa shape index (κ2) is 6.68. The van der Waals surface area contributed by atoms with Gasteiger partial charge in [0, 0.05) is 16.8 Å². The van der Waals surface area contributed by atoms with Crippen molar-refractivity contribution in [1.29, 1.82) is 0 Å². The van der Waals surface area contributed by atoms with E-state index in [1.165, 1.54) is 6.26 Å². The molecule has 0 aliphatic carbocycles. The highest BCUT2D eigenvalue weighted by Crippen LogP contribution is 2.26. The Morgan fingerprint density at radius 3 is 2.61 bits per heavy atom. The van der Waals surface area contributed by atoms with Crippen molar-refractivity contribution in [1.82, 2.24) is 5.32 Å². The molecule has 0 spiro atoms. The second-order valence-corrected chi connectivity index (χ2v) is 7.60. The van der Waals surface area contributed by atoms with Crippen LogP contribution in [0.5, 0.6) is 0 Å². The van der Waals surface area contributed by atoms with Gasteiger partial charge in [-0.3, -0.25) is 0 Å². The Balaban J connectivity index is 2.93. The van der Waals surface area contributed by atoms with Crippen LogP contribution in [-0.2, 0) is 9.84 Å². The Bertz CT molecular complexity index is 500. The fourth-order valence-electron chi connectivity index (χ4n) is 1.95. The number of benzene rings is 1. The summed E-state index contributed by atoms with van der Waals surface area (Å²) in [6.45, 7) is 4.89. The monoisotopic (exact) mass is 333 g/mol. The van der Waals surface area contributed by atoms with Crippen molar-refractivity contribution < 1.29 is 8.42 Å². The van der Waals surface area contributed by atoms with Gasteiger partial charge in [0.15, 0.2) is 0 Å². The molecule has 1 atom stereocenters. The zero-order valence-electron chi connectivity index (χ0n) is 11.0. The van der Waals surface area contributed by atoms with Gasteiger partial charge >= 0.3 is 0 Å². The van der Waals surface area contributed by atoms with Crippen molar-refractivity contribution in [3.63, 3.8) is 0 Å². The molecule has 0 amide bonds. The second-order valence-electron chi connectivity index (χ2n) is 4.48. The van der Waals surface area contributed by atoms with Gasteiger partial charge in [-0.25, -0.2) is 8.42 Å². The van der Waals surface area contributed by atoms with E-state index in [-0.39, 0.29) is 11.8 Å². The minimum Gasteiger partial charge on any atom is -0.310 e. The number of rotatable bonds is 6. The van der Waals surface area contributed by atoms with E-state index in [1.807, 2.05) is 26.0 Å². The maximum atomic E-state index is 11.3. The van der Waals surface area contributed by atoms with Gasteiger partial charge < -0.3 is 5.32 Å². The van der Waals surface area contributed by atoms with Crippen LogP contribution < -0.4 is 5.32 Å². The topological polar surface area (TPSA) is 46.2 Å². The number of halogens is 1. The molecule has 0 saturated carbocycles. The highest BCUT2D eigenvalue weighted by atomic mass is 79.9. The Labute approximate surface area is 118 Å². The van der Waals surface area contributed by atoms with E-state index < -0.39 is 9.84 Å². The molecule has 0 bridgehead atoms. The molecular formula is C13H20BrNO2S. The van der Waals surface area contributed by atoms with Gasteiger partial charge in [-0.15, -0.1) is 0 Å². The summed E-state index contributed by atoms with van der Waals surface area (Å²) in [5.41, 5.74) is 2.33. The minimum atomic E-state index is -2.92. The smallest absolute Gasteiger partial charge is 0.147 e. The van der Waals surface area contributed by atoms with Crippen LogP contribution in [0.3, 0.4) is 0 Å². The molecule has 0 heterocycles. The Kier molecular flexibility index (Phi) is 5.82. The van der Waals surface area contributed by atoms with Crippen LogP contribution in [0.25, 0.3) is 0 Å². The number of nitrogens with one attached hydrogen (secondary N) is 1. The van der Waals surface area contributed by atoms with E-state index in [4.69, 9.17) is 0 Å². The number of sulfone groups is 1. The SMILES string of the molecule is CCNC(CCS(C)(=O)=O)c1cccc(Br)c1C. The van der Waals surface area contributed by atoms with E-state index in [2.05, 4.69) is 27.3 Å². The van der Waals surface area contributed by atoms with Gasteiger partial charge in [-0.2, -0.15) is 0 Å². The van der Waals surface area contributed by atoms with Gasteiger partial charge in [0.05, 0.1) is 5.75 Å². The summed E-state index contributed by atoms with van der Waals surface area (Å²) in [5, 5.41) is 3.35. The van der Waals surface area contributed by atoms with Gasteiger partial charge in [-0.05, 0) is 37.1 Å². The van der Waals surface area contributed by atoms with Gasteiger partial charge in [0.1, 0.15) is 9.84 Å². The van der Waals surface area contributed by atoms with Crippen LogP contribution in [-0.4, -0.2) is 27.0 Å². The molecule has 5 heteroatoms. The average molecular weight is 334 g/mol. The quantitative estimate of drug-likeness (QED) is 0.870. The van der Waals surface area contributed by atoms with Crippen LogP contribution in [0.15, 0.2) is 22.7 Å². The highest BCUT2D eigenvalue weighted by molar-refractivity contribution is 9.10. The Hall–Kier alpha value is -0.390. The standard InChI is InChI=1S/C13H20BrNO2S/c1-4-15-13(8-9-18(3,16)17)11-6-5-7-12(14)10(11)2/h5-7,13,15H,4,8-9H2,1-3H3. The molecule has 0 radical (unpaired) electrons. The van der Waals surface area contributed by atoms with Gasteiger partial charge in [0.2, 0.25) is 0 Å². The fourth-order valence-corrected chi connectivity index (χ4v) is 2.99. The normalized spacial score (nSPS) is 13.6. The third-order valence-corrected chi connectivity index (χ3v) is 4.75. The maximum Gasteiger partial charge on any atom is 0.147 e. The Morgan fingerprint density at radius 2 is 2.06 bits per heavy atom. The molecule has 1 rings (SSSR count). The fraction of sp³-hybridized carbons (Fsp3) is 0.538. The van der Waals surface area contributed by atoms with E-state index in [1.54, 1.807) is 0 Å². The zero-order valence-corrected chi connectivity index (χ0v) is 13.4. The largest absolute Gasteiger partial charge is 0.310 e. The molecule has 1 N–H and O–H groups in total. The molecule has 3 nitrogen and oxygen atoms in total. The first-order chi connectivity index (χ1) is 8.35. The highest BCUT2D eigenvalue weighted by Gasteiger charge is 2.16. The van der Waals surface area contributed by atoms with E-state index in [0.29, 0.717) is 6.42 Å². The summed E-state index contributed by atoms with van der Waals surface area (Å²) in [7, 11) is -2.92. The van der Waals surface area contributed by atoms with Crippen LogP contribution in [0.2, 0.25) is 0 Å². The molecule has 0 aliphatic rings. The molecule has 0 aliphatic heterocycles. The third kappa shape index (κ3) is 4.71. The van der Waals surface area contributed by atoms with E-state index in [0.717, 1.165) is 22.1 Å². The lowest BCUT2D eigenvalue weighted by Gasteiger charge is -2.20. The van der Waals surface area contributed by atoms with Crippen LogP contribution in [0, 0.1) is 6.92 Å². The van der Waals surface area contributed by atoms with Crippen LogP contribution in [0.4, 0.5) is 0 Å². The lowest BCUT2D eigenvalue weighted by molar-refractivity contribution is 0.527. The summed E-state index contributed by atoms with van der Waals surface area (Å²) >= 11 is 3.51. The number of hydrogen-bond acceptors (Lipinski definition) is 3.